The van der Waals surface area contributed by atoms with Crippen molar-refractivity contribution in [3.05, 3.63) is 36.5 Å². The molecule has 0 aliphatic heterocycles. The molecule has 4 nitrogen and oxygen atoms in total. The number of rotatable bonds is 36. The molecule has 0 aromatic heterocycles. The van der Waals surface area contributed by atoms with E-state index in [0.29, 0.717) is 6.42 Å². The molecular formula is C42H76O4. The van der Waals surface area contributed by atoms with Crippen molar-refractivity contribution in [2.45, 2.75) is 219 Å². The molecule has 46 heavy (non-hydrogen) atoms. The van der Waals surface area contributed by atoms with Gasteiger partial charge in [0.1, 0.15) is 6.10 Å². The number of carbonyl (C=O) groups is 2. The average Bonchev–Trinajstić information content (AvgIpc) is 3.04. The van der Waals surface area contributed by atoms with Crippen LogP contribution in [-0.4, -0.2) is 23.1 Å². The first-order valence-corrected chi connectivity index (χ1v) is 20.0. The normalized spacial score (nSPS) is 12.6. The molecule has 0 spiro atoms. The van der Waals surface area contributed by atoms with Crippen molar-refractivity contribution in [2.24, 2.45) is 0 Å². The Morgan fingerprint density at radius 3 is 1.48 bits per heavy atom. The van der Waals surface area contributed by atoms with Crippen molar-refractivity contribution in [3.8, 4) is 0 Å². The number of unbranched alkanes of at least 4 members (excludes halogenated alkanes) is 23. The minimum absolute atomic E-state index is 0.0824. The SMILES string of the molecule is CCC/C=C\C/C=C\C(CCCCCCC(=O)O)OC(=O)CCCCCCCCCCCCC/C=C\CCCCCCCCCC. The summed E-state index contributed by atoms with van der Waals surface area (Å²) in [5.41, 5.74) is 0. The molecule has 0 heterocycles. The van der Waals surface area contributed by atoms with Crippen LogP contribution in [0.25, 0.3) is 0 Å². The molecule has 1 N–H and O–H groups in total. The van der Waals surface area contributed by atoms with Gasteiger partial charge in [-0.2, -0.15) is 0 Å². The second-order valence-corrected chi connectivity index (χ2v) is 13.5. The molecule has 0 aliphatic carbocycles. The maximum absolute atomic E-state index is 12.5. The van der Waals surface area contributed by atoms with Crippen LogP contribution in [0.5, 0.6) is 0 Å². The molecule has 1 unspecified atom stereocenters. The van der Waals surface area contributed by atoms with Crippen molar-refractivity contribution < 1.29 is 19.4 Å². The smallest absolute Gasteiger partial charge is 0.306 e. The molecule has 0 rings (SSSR count). The fraction of sp³-hybridized carbons (Fsp3) is 0.810. The van der Waals surface area contributed by atoms with Crippen molar-refractivity contribution in [2.75, 3.05) is 0 Å². The zero-order valence-corrected chi connectivity index (χ0v) is 30.6. The van der Waals surface area contributed by atoms with E-state index in [0.717, 1.165) is 64.2 Å². The van der Waals surface area contributed by atoms with E-state index in [1.807, 2.05) is 6.08 Å². The third-order valence-electron chi connectivity index (χ3n) is 8.80. The number of carbonyl (C=O) groups excluding carboxylic acids is 1. The van der Waals surface area contributed by atoms with E-state index < -0.39 is 5.97 Å². The molecule has 4 heteroatoms. The van der Waals surface area contributed by atoms with Crippen LogP contribution in [0.4, 0.5) is 0 Å². The Morgan fingerprint density at radius 1 is 0.500 bits per heavy atom. The lowest BCUT2D eigenvalue weighted by atomic mass is 10.0. The van der Waals surface area contributed by atoms with Crippen molar-refractivity contribution in [1.82, 2.24) is 0 Å². The Bertz CT molecular complexity index is 738. The van der Waals surface area contributed by atoms with Crippen LogP contribution in [0, 0.1) is 0 Å². The highest BCUT2D eigenvalue weighted by molar-refractivity contribution is 5.69. The van der Waals surface area contributed by atoms with Crippen molar-refractivity contribution in [3.63, 3.8) is 0 Å². The fourth-order valence-electron chi connectivity index (χ4n) is 5.84. The number of carboxylic acids is 1. The Hall–Kier alpha value is -1.84. The van der Waals surface area contributed by atoms with Gasteiger partial charge in [0.25, 0.3) is 0 Å². The van der Waals surface area contributed by atoms with E-state index in [4.69, 9.17) is 9.84 Å². The highest BCUT2D eigenvalue weighted by Gasteiger charge is 2.11. The number of hydrogen-bond acceptors (Lipinski definition) is 3. The van der Waals surface area contributed by atoms with Gasteiger partial charge in [0.2, 0.25) is 0 Å². The molecule has 0 aliphatic rings. The second kappa shape index (κ2) is 37.6. The summed E-state index contributed by atoms with van der Waals surface area (Å²) >= 11 is 0. The lowest BCUT2D eigenvalue weighted by Crippen LogP contribution is -2.16. The third kappa shape index (κ3) is 36.6. The van der Waals surface area contributed by atoms with E-state index in [2.05, 4.69) is 44.2 Å². The van der Waals surface area contributed by atoms with Gasteiger partial charge >= 0.3 is 11.9 Å². The minimum Gasteiger partial charge on any atom is -0.481 e. The Morgan fingerprint density at radius 2 is 0.957 bits per heavy atom. The predicted molar refractivity (Wildman–Crippen MR) is 199 cm³/mol. The monoisotopic (exact) mass is 645 g/mol. The standard InChI is InChI=1S/C42H76O4/c1-3-5-7-9-11-12-13-14-15-16-17-18-19-20-21-22-23-24-25-26-27-29-35-39-42(45)46-40(36-32-28-10-8-6-4-2)37-33-30-31-34-38-41(43)44/h8,10,16-17,32,36,40H,3-7,9,11-15,18-31,33-35,37-39H2,1-2H3,(H,43,44)/b10-8-,17-16-,36-32-. The summed E-state index contributed by atoms with van der Waals surface area (Å²) < 4.78 is 5.83. The average molecular weight is 645 g/mol. The van der Waals surface area contributed by atoms with Gasteiger partial charge < -0.3 is 9.84 Å². The van der Waals surface area contributed by atoms with E-state index in [1.54, 1.807) is 0 Å². The van der Waals surface area contributed by atoms with Crippen LogP contribution in [0.1, 0.15) is 213 Å². The van der Waals surface area contributed by atoms with Gasteiger partial charge in [-0.25, -0.2) is 0 Å². The summed E-state index contributed by atoms with van der Waals surface area (Å²) in [4.78, 5) is 23.2. The predicted octanol–water partition coefficient (Wildman–Crippen LogP) is 13.8. The first-order valence-electron chi connectivity index (χ1n) is 20.0. The highest BCUT2D eigenvalue weighted by atomic mass is 16.5. The number of ether oxygens (including phenoxy) is 1. The number of carboxylic acid groups (broad SMARTS) is 1. The van der Waals surface area contributed by atoms with Gasteiger partial charge in [-0.1, -0.05) is 166 Å². The van der Waals surface area contributed by atoms with Gasteiger partial charge in [-0.3, -0.25) is 9.59 Å². The van der Waals surface area contributed by atoms with E-state index in [1.165, 1.54) is 122 Å². The lowest BCUT2D eigenvalue weighted by molar-refractivity contribution is -0.147. The molecule has 0 radical (unpaired) electrons. The maximum atomic E-state index is 12.5. The summed E-state index contributed by atoms with van der Waals surface area (Å²) in [6.45, 7) is 4.46. The summed E-state index contributed by atoms with van der Waals surface area (Å²) in [7, 11) is 0. The summed E-state index contributed by atoms with van der Waals surface area (Å²) in [5.74, 6) is -0.810. The summed E-state index contributed by atoms with van der Waals surface area (Å²) in [6.07, 6.45) is 49.2. The van der Waals surface area contributed by atoms with Crippen LogP contribution in [0.2, 0.25) is 0 Å². The molecule has 0 saturated heterocycles. The van der Waals surface area contributed by atoms with Crippen LogP contribution in [-0.2, 0) is 14.3 Å². The van der Waals surface area contributed by atoms with Crippen molar-refractivity contribution >= 4 is 11.9 Å². The lowest BCUT2D eigenvalue weighted by Gasteiger charge is -2.14. The second-order valence-electron chi connectivity index (χ2n) is 13.5. The van der Waals surface area contributed by atoms with Crippen LogP contribution < -0.4 is 0 Å². The molecule has 0 bridgehead atoms. The van der Waals surface area contributed by atoms with Crippen LogP contribution in [0.15, 0.2) is 36.5 Å². The van der Waals surface area contributed by atoms with Gasteiger partial charge in [0.15, 0.2) is 0 Å². The van der Waals surface area contributed by atoms with Crippen LogP contribution >= 0.6 is 0 Å². The van der Waals surface area contributed by atoms with Gasteiger partial charge in [-0.15, -0.1) is 0 Å². The molecule has 0 saturated carbocycles. The van der Waals surface area contributed by atoms with E-state index in [-0.39, 0.29) is 18.5 Å². The molecule has 0 aromatic carbocycles. The molecular weight excluding hydrogens is 568 g/mol. The fourth-order valence-corrected chi connectivity index (χ4v) is 5.84. The van der Waals surface area contributed by atoms with Gasteiger partial charge in [0.05, 0.1) is 0 Å². The van der Waals surface area contributed by atoms with E-state index >= 15 is 0 Å². The Labute approximate surface area is 286 Å². The number of hydrogen-bond donors (Lipinski definition) is 1. The van der Waals surface area contributed by atoms with Crippen molar-refractivity contribution in [1.29, 1.82) is 0 Å². The largest absolute Gasteiger partial charge is 0.481 e. The zero-order valence-electron chi connectivity index (χ0n) is 30.6. The zero-order chi connectivity index (χ0) is 33.6. The van der Waals surface area contributed by atoms with Gasteiger partial charge in [0, 0.05) is 12.8 Å². The van der Waals surface area contributed by atoms with Gasteiger partial charge in [-0.05, 0) is 70.3 Å². The quantitative estimate of drug-likeness (QED) is 0.0419. The first kappa shape index (κ1) is 44.2. The number of allylic oxidation sites excluding steroid dienone is 5. The molecule has 268 valence electrons. The molecule has 1 atom stereocenters. The number of esters is 1. The first-order chi connectivity index (χ1) is 22.6. The summed E-state index contributed by atoms with van der Waals surface area (Å²) in [6, 6.07) is 0. The maximum Gasteiger partial charge on any atom is 0.306 e. The Balaban J connectivity index is 3.74. The third-order valence-corrected chi connectivity index (χ3v) is 8.80. The minimum atomic E-state index is -0.727. The topological polar surface area (TPSA) is 63.6 Å². The number of aliphatic carboxylic acids is 1. The molecule has 0 amide bonds. The van der Waals surface area contributed by atoms with Crippen LogP contribution in [0.3, 0.4) is 0 Å². The molecule has 0 fully saturated rings. The Kier molecular flexibility index (Phi) is 36.1. The molecule has 0 aromatic rings. The summed E-state index contributed by atoms with van der Waals surface area (Å²) in [5, 5.41) is 8.80. The van der Waals surface area contributed by atoms with E-state index in [9.17, 15) is 9.59 Å². The highest BCUT2D eigenvalue weighted by Crippen LogP contribution is 2.16.